The Morgan fingerprint density at radius 2 is 2.14 bits per heavy atom. The molecular weight excluding hydrogens is 310 g/mol. The molecule has 0 aliphatic carbocycles. The molecule has 7 nitrogen and oxygen atoms in total. The van der Waals surface area contributed by atoms with Crippen molar-refractivity contribution >= 4 is 26.3 Å². The molecule has 2 aromatic heterocycles. The van der Waals surface area contributed by atoms with Crippen LogP contribution in [0.15, 0.2) is 6.33 Å². The normalized spacial score (nSPS) is 18.5. The molecule has 0 amide bonds. The highest BCUT2D eigenvalue weighted by Gasteiger charge is 2.29. The number of hydrogen-bond donors (Lipinski definition) is 0. The van der Waals surface area contributed by atoms with E-state index < -0.39 is 10.0 Å². The molecule has 2 aromatic rings. The first-order valence-corrected chi connectivity index (χ1v) is 9.67. The van der Waals surface area contributed by atoms with Gasteiger partial charge in [0, 0.05) is 19.0 Å². The Kier molecular flexibility index (Phi) is 4.23. The monoisotopic (exact) mass is 329 g/mol. The van der Waals surface area contributed by atoms with Crippen LogP contribution in [0.25, 0.3) is 4.96 Å². The number of rotatable bonds is 5. The summed E-state index contributed by atoms with van der Waals surface area (Å²) in [7, 11) is -3.08. The highest BCUT2D eigenvalue weighted by atomic mass is 32.2. The Bertz CT molecular complexity index is 672. The summed E-state index contributed by atoms with van der Waals surface area (Å²) >= 11 is 1.54. The molecule has 1 aliphatic heterocycles. The number of sulfonamides is 1. The van der Waals surface area contributed by atoms with Crippen LogP contribution in [0.3, 0.4) is 0 Å². The van der Waals surface area contributed by atoms with Crippen LogP contribution in [0, 0.1) is 0 Å². The lowest BCUT2D eigenvalue weighted by atomic mass is 9.99. The van der Waals surface area contributed by atoms with E-state index in [1.54, 1.807) is 26.5 Å². The zero-order valence-corrected chi connectivity index (χ0v) is 13.6. The minimum atomic E-state index is -3.08. The van der Waals surface area contributed by atoms with Crippen molar-refractivity contribution in [3.63, 3.8) is 0 Å². The lowest BCUT2D eigenvalue weighted by molar-refractivity contribution is 0.318. The third kappa shape index (κ3) is 3.09. The number of fused-ring (bicyclic) bond motifs is 1. The van der Waals surface area contributed by atoms with Crippen molar-refractivity contribution in [3.8, 4) is 0 Å². The number of aromatic nitrogens is 4. The van der Waals surface area contributed by atoms with Crippen molar-refractivity contribution < 1.29 is 8.42 Å². The van der Waals surface area contributed by atoms with Crippen molar-refractivity contribution in [2.75, 3.05) is 18.8 Å². The predicted molar refractivity (Wildman–Crippen MR) is 80.9 cm³/mol. The lowest BCUT2D eigenvalue weighted by Crippen LogP contribution is -2.39. The Labute approximate surface area is 128 Å². The van der Waals surface area contributed by atoms with Crippen LogP contribution in [0.2, 0.25) is 0 Å². The third-order valence-corrected chi connectivity index (χ3v) is 6.89. The van der Waals surface area contributed by atoms with Gasteiger partial charge in [-0.25, -0.2) is 12.7 Å². The Morgan fingerprint density at radius 3 is 2.81 bits per heavy atom. The van der Waals surface area contributed by atoms with Crippen molar-refractivity contribution in [1.29, 1.82) is 0 Å². The molecule has 0 atom stereocenters. The van der Waals surface area contributed by atoms with Crippen LogP contribution in [0.1, 0.15) is 43.5 Å². The van der Waals surface area contributed by atoms with Crippen LogP contribution in [0.5, 0.6) is 0 Å². The number of nitrogens with zero attached hydrogens (tertiary/aromatic N) is 5. The second kappa shape index (κ2) is 5.98. The second-order valence-corrected chi connectivity index (χ2v) is 8.42. The zero-order valence-electron chi connectivity index (χ0n) is 12.0. The van der Waals surface area contributed by atoms with Gasteiger partial charge in [-0.2, -0.15) is 9.61 Å². The molecular formula is C12H19N5O2S2. The standard InChI is InChI=1S/C12H19N5O2S2/c1-2-3-8-21(18,19)16-6-4-10(5-7-16)11-15-17-9-13-14-12(17)20-11/h9-10H,2-8H2,1H3. The van der Waals surface area contributed by atoms with Crippen molar-refractivity contribution in [1.82, 2.24) is 24.1 Å². The molecule has 0 aromatic carbocycles. The minimum absolute atomic E-state index is 0.269. The van der Waals surface area contributed by atoms with Gasteiger partial charge >= 0.3 is 0 Å². The average Bonchev–Trinajstić information content (AvgIpc) is 3.06. The molecule has 0 N–H and O–H groups in total. The maximum atomic E-state index is 12.2. The van der Waals surface area contributed by atoms with Gasteiger partial charge < -0.3 is 0 Å². The molecule has 1 saturated heterocycles. The summed E-state index contributed by atoms with van der Waals surface area (Å²) < 4.78 is 27.7. The van der Waals surface area contributed by atoms with E-state index in [9.17, 15) is 8.42 Å². The largest absolute Gasteiger partial charge is 0.234 e. The van der Waals surface area contributed by atoms with Gasteiger partial charge in [0.05, 0.1) is 5.75 Å². The van der Waals surface area contributed by atoms with Gasteiger partial charge in [0.15, 0.2) is 0 Å². The van der Waals surface area contributed by atoms with E-state index in [-0.39, 0.29) is 5.75 Å². The summed E-state index contributed by atoms with van der Waals surface area (Å²) in [6.07, 6.45) is 4.89. The van der Waals surface area contributed by atoms with Crippen LogP contribution < -0.4 is 0 Å². The van der Waals surface area contributed by atoms with E-state index in [1.807, 2.05) is 6.92 Å². The van der Waals surface area contributed by atoms with Gasteiger partial charge in [0.25, 0.3) is 0 Å². The molecule has 116 valence electrons. The topological polar surface area (TPSA) is 80.5 Å². The SMILES string of the molecule is CCCCS(=O)(=O)N1CCC(c2nn3cnnc3s2)CC1. The van der Waals surface area contributed by atoms with E-state index >= 15 is 0 Å². The first-order valence-electron chi connectivity index (χ1n) is 7.24. The van der Waals surface area contributed by atoms with Crippen molar-refractivity contribution in [3.05, 3.63) is 11.3 Å². The average molecular weight is 329 g/mol. The van der Waals surface area contributed by atoms with Crippen LogP contribution >= 0.6 is 11.3 Å². The third-order valence-electron chi connectivity index (χ3n) is 3.85. The van der Waals surface area contributed by atoms with Crippen molar-refractivity contribution in [2.24, 2.45) is 0 Å². The summed E-state index contributed by atoms with van der Waals surface area (Å²) in [6, 6.07) is 0. The van der Waals surface area contributed by atoms with Crippen LogP contribution in [-0.4, -0.2) is 51.4 Å². The van der Waals surface area contributed by atoms with E-state index in [0.29, 0.717) is 19.0 Å². The molecule has 9 heteroatoms. The fourth-order valence-corrected chi connectivity index (χ4v) is 5.24. The van der Waals surface area contributed by atoms with E-state index in [4.69, 9.17) is 0 Å². The van der Waals surface area contributed by atoms with E-state index in [1.165, 1.54) is 0 Å². The minimum Gasteiger partial charge on any atom is -0.212 e. The summed E-state index contributed by atoms with van der Waals surface area (Å²) in [5.41, 5.74) is 0. The quantitative estimate of drug-likeness (QED) is 0.830. The van der Waals surface area contributed by atoms with Gasteiger partial charge in [0.1, 0.15) is 11.3 Å². The predicted octanol–water partition coefficient (Wildman–Crippen LogP) is 1.50. The summed E-state index contributed by atoms with van der Waals surface area (Å²) in [5, 5.41) is 13.3. The van der Waals surface area contributed by atoms with Gasteiger partial charge in [-0.15, -0.1) is 10.2 Å². The van der Waals surface area contributed by atoms with Crippen LogP contribution in [0.4, 0.5) is 0 Å². The molecule has 0 unspecified atom stereocenters. The zero-order chi connectivity index (χ0) is 14.9. The smallest absolute Gasteiger partial charge is 0.212 e. The molecule has 1 fully saturated rings. The molecule has 0 bridgehead atoms. The molecule has 0 radical (unpaired) electrons. The molecule has 1 aliphatic rings. The first kappa shape index (κ1) is 14.9. The number of unbranched alkanes of at least 4 members (excludes halogenated alkanes) is 1. The first-order chi connectivity index (χ1) is 10.1. The Hall–Kier alpha value is -1.06. The molecule has 0 spiro atoms. The van der Waals surface area contributed by atoms with Gasteiger partial charge in [0.2, 0.25) is 15.0 Å². The van der Waals surface area contributed by atoms with Crippen molar-refractivity contribution in [2.45, 2.75) is 38.5 Å². The molecule has 0 saturated carbocycles. The molecule has 3 heterocycles. The van der Waals surface area contributed by atoms with Crippen LogP contribution in [-0.2, 0) is 10.0 Å². The van der Waals surface area contributed by atoms with Gasteiger partial charge in [-0.1, -0.05) is 24.7 Å². The molecule has 3 rings (SSSR count). The highest BCUT2D eigenvalue weighted by molar-refractivity contribution is 7.89. The molecule has 21 heavy (non-hydrogen) atoms. The lowest BCUT2D eigenvalue weighted by Gasteiger charge is -2.30. The maximum Gasteiger partial charge on any atom is 0.234 e. The fraction of sp³-hybridized carbons (Fsp3) is 0.750. The van der Waals surface area contributed by atoms with Gasteiger partial charge in [-0.05, 0) is 19.3 Å². The highest BCUT2D eigenvalue weighted by Crippen LogP contribution is 2.31. The number of hydrogen-bond acceptors (Lipinski definition) is 6. The second-order valence-electron chi connectivity index (χ2n) is 5.34. The summed E-state index contributed by atoms with van der Waals surface area (Å²) in [6.45, 7) is 3.20. The summed E-state index contributed by atoms with van der Waals surface area (Å²) in [5.74, 6) is 0.597. The Morgan fingerprint density at radius 1 is 1.38 bits per heavy atom. The van der Waals surface area contributed by atoms with Gasteiger partial charge in [-0.3, -0.25) is 0 Å². The maximum absolute atomic E-state index is 12.2. The van der Waals surface area contributed by atoms with E-state index in [2.05, 4.69) is 15.3 Å². The number of piperidine rings is 1. The fourth-order valence-electron chi connectivity index (χ4n) is 2.58. The van der Waals surface area contributed by atoms with E-state index in [0.717, 1.165) is 35.7 Å². The summed E-state index contributed by atoms with van der Waals surface area (Å²) in [4.78, 5) is 0.794. The Balaban J connectivity index is 1.63.